The summed E-state index contributed by atoms with van der Waals surface area (Å²) < 4.78 is 24.4. The van der Waals surface area contributed by atoms with Gasteiger partial charge in [-0.2, -0.15) is 0 Å². The Bertz CT molecular complexity index is 658. The van der Waals surface area contributed by atoms with E-state index in [4.69, 9.17) is 24.1 Å². The summed E-state index contributed by atoms with van der Waals surface area (Å²) in [5, 5.41) is 8.80. The molecule has 0 unspecified atom stereocenters. The summed E-state index contributed by atoms with van der Waals surface area (Å²) in [5.41, 5.74) is 1.30. The number of carbonyl (C=O) groups is 1. The van der Waals surface area contributed by atoms with Crippen LogP contribution in [0.2, 0.25) is 0 Å². The van der Waals surface area contributed by atoms with Gasteiger partial charge >= 0.3 is 5.97 Å². The number of aliphatic hydroxyl groups excluding tert-OH is 1. The van der Waals surface area contributed by atoms with Crippen molar-refractivity contribution in [3.05, 3.63) is 59.7 Å². The Morgan fingerprint density at radius 3 is 2.00 bits per heavy atom. The first-order chi connectivity index (χ1) is 12.6. The molecule has 0 aliphatic rings. The first-order valence-electron chi connectivity index (χ1n) is 7.76. The SMILES string of the molecule is COCOc1cccc(C(=O)OC)c1.COCOc1cccc(CO)c1. The van der Waals surface area contributed by atoms with Gasteiger partial charge < -0.3 is 28.8 Å². The van der Waals surface area contributed by atoms with E-state index in [1.165, 1.54) is 14.2 Å². The number of hydrogen-bond donors (Lipinski definition) is 1. The van der Waals surface area contributed by atoms with Gasteiger partial charge in [0, 0.05) is 14.2 Å². The maximum Gasteiger partial charge on any atom is 0.337 e. The average Bonchev–Trinajstić information content (AvgIpc) is 2.71. The van der Waals surface area contributed by atoms with Gasteiger partial charge in [-0.3, -0.25) is 0 Å². The zero-order valence-corrected chi connectivity index (χ0v) is 15.1. The highest BCUT2D eigenvalue weighted by Gasteiger charge is 2.05. The molecule has 0 aliphatic carbocycles. The van der Waals surface area contributed by atoms with Crippen LogP contribution >= 0.6 is 0 Å². The number of esters is 1. The fraction of sp³-hybridized carbons (Fsp3) is 0.316. The zero-order valence-electron chi connectivity index (χ0n) is 15.1. The fourth-order valence-corrected chi connectivity index (χ4v) is 1.82. The van der Waals surface area contributed by atoms with E-state index in [2.05, 4.69) is 4.74 Å². The van der Waals surface area contributed by atoms with Crippen LogP contribution in [-0.2, 0) is 20.8 Å². The number of ether oxygens (including phenoxy) is 5. The third kappa shape index (κ3) is 7.98. The van der Waals surface area contributed by atoms with Gasteiger partial charge in [-0.25, -0.2) is 4.79 Å². The lowest BCUT2D eigenvalue weighted by atomic mass is 10.2. The number of aliphatic hydroxyl groups is 1. The van der Waals surface area contributed by atoms with Crippen LogP contribution in [0.1, 0.15) is 15.9 Å². The predicted octanol–water partition coefficient (Wildman–Crippen LogP) is 2.62. The van der Waals surface area contributed by atoms with E-state index < -0.39 is 0 Å². The molecule has 0 amide bonds. The minimum Gasteiger partial charge on any atom is -0.468 e. The van der Waals surface area contributed by atoms with E-state index in [1.807, 2.05) is 18.2 Å². The lowest BCUT2D eigenvalue weighted by Crippen LogP contribution is -2.03. The summed E-state index contributed by atoms with van der Waals surface area (Å²) >= 11 is 0. The van der Waals surface area contributed by atoms with Crippen molar-refractivity contribution in [3.8, 4) is 11.5 Å². The lowest BCUT2D eigenvalue weighted by molar-refractivity contribution is 0.0503. The highest BCUT2D eigenvalue weighted by molar-refractivity contribution is 5.89. The standard InChI is InChI=1S/C10H12O4.C9H12O3/c1-12-7-14-9-5-3-4-8(6-9)10(11)13-2;1-11-7-12-9-4-2-3-8(5-9)6-10/h3-6H,7H2,1-2H3;2-5,10H,6-7H2,1H3. The van der Waals surface area contributed by atoms with E-state index in [-0.39, 0.29) is 26.2 Å². The number of methoxy groups -OCH3 is 3. The first-order valence-corrected chi connectivity index (χ1v) is 7.76. The lowest BCUT2D eigenvalue weighted by Gasteiger charge is -2.05. The normalized spacial score (nSPS) is 9.69. The number of benzene rings is 2. The summed E-state index contributed by atoms with van der Waals surface area (Å²) in [6, 6.07) is 14.0. The highest BCUT2D eigenvalue weighted by Crippen LogP contribution is 2.14. The van der Waals surface area contributed by atoms with E-state index >= 15 is 0 Å². The Labute approximate surface area is 153 Å². The van der Waals surface area contributed by atoms with Crippen LogP contribution in [0.15, 0.2) is 48.5 Å². The van der Waals surface area contributed by atoms with Crippen LogP contribution in [0, 0.1) is 0 Å². The Kier molecular flexibility index (Phi) is 10.5. The molecule has 2 aromatic rings. The second kappa shape index (κ2) is 12.7. The van der Waals surface area contributed by atoms with Crippen LogP contribution in [0.25, 0.3) is 0 Å². The molecule has 0 atom stereocenters. The van der Waals surface area contributed by atoms with Crippen LogP contribution in [0.3, 0.4) is 0 Å². The smallest absolute Gasteiger partial charge is 0.337 e. The van der Waals surface area contributed by atoms with Crippen molar-refractivity contribution in [1.29, 1.82) is 0 Å². The summed E-state index contributed by atoms with van der Waals surface area (Å²) in [4.78, 5) is 11.1. The number of carbonyl (C=O) groups excluding carboxylic acids is 1. The summed E-state index contributed by atoms with van der Waals surface area (Å²) in [7, 11) is 4.44. The Hall–Kier alpha value is -2.61. The molecule has 0 fully saturated rings. The minimum atomic E-state index is -0.382. The molecule has 26 heavy (non-hydrogen) atoms. The first kappa shape index (κ1) is 21.4. The van der Waals surface area contributed by atoms with Crippen molar-refractivity contribution in [2.24, 2.45) is 0 Å². The van der Waals surface area contributed by atoms with Crippen molar-refractivity contribution in [2.45, 2.75) is 6.61 Å². The van der Waals surface area contributed by atoms with Crippen molar-refractivity contribution in [3.63, 3.8) is 0 Å². The Balaban J connectivity index is 0.000000263. The fourth-order valence-electron chi connectivity index (χ4n) is 1.82. The van der Waals surface area contributed by atoms with Crippen molar-refractivity contribution >= 4 is 5.97 Å². The van der Waals surface area contributed by atoms with E-state index in [9.17, 15) is 4.79 Å². The summed E-state index contributed by atoms with van der Waals surface area (Å²) in [5.74, 6) is 0.908. The van der Waals surface area contributed by atoms with Gasteiger partial charge in [0.1, 0.15) is 11.5 Å². The summed E-state index contributed by atoms with van der Waals surface area (Å²) in [6.07, 6.45) is 0. The van der Waals surface area contributed by atoms with E-state index in [1.54, 1.807) is 37.4 Å². The van der Waals surface area contributed by atoms with Crippen LogP contribution in [0.4, 0.5) is 0 Å². The van der Waals surface area contributed by atoms with Crippen LogP contribution < -0.4 is 9.47 Å². The van der Waals surface area contributed by atoms with E-state index in [0.29, 0.717) is 17.1 Å². The molecule has 0 aromatic heterocycles. The van der Waals surface area contributed by atoms with Gasteiger partial charge in [-0.15, -0.1) is 0 Å². The topological polar surface area (TPSA) is 83.5 Å². The zero-order chi connectivity index (χ0) is 19.2. The Morgan fingerprint density at radius 1 is 0.885 bits per heavy atom. The monoisotopic (exact) mass is 364 g/mol. The molecule has 0 bridgehead atoms. The second-order valence-electron chi connectivity index (χ2n) is 4.93. The average molecular weight is 364 g/mol. The van der Waals surface area contributed by atoms with E-state index in [0.717, 1.165) is 5.56 Å². The van der Waals surface area contributed by atoms with Crippen molar-refractivity contribution in [1.82, 2.24) is 0 Å². The minimum absolute atomic E-state index is 0.0319. The quantitative estimate of drug-likeness (QED) is 0.569. The second-order valence-corrected chi connectivity index (χ2v) is 4.93. The maximum atomic E-state index is 11.1. The molecule has 1 N–H and O–H groups in total. The van der Waals surface area contributed by atoms with Gasteiger partial charge in [0.25, 0.3) is 0 Å². The molecule has 0 heterocycles. The van der Waals surface area contributed by atoms with Crippen molar-refractivity contribution < 1.29 is 33.6 Å². The van der Waals surface area contributed by atoms with Gasteiger partial charge in [0.05, 0.1) is 19.3 Å². The molecular weight excluding hydrogens is 340 g/mol. The van der Waals surface area contributed by atoms with Gasteiger partial charge in [-0.05, 0) is 35.9 Å². The van der Waals surface area contributed by atoms with Crippen molar-refractivity contribution in [2.75, 3.05) is 34.9 Å². The molecule has 142 valence electrons. The molecular formula is C19H24O7. The van der Waals surface area contributed by atoms with Crippen LogP contribution in [0.5, 0.6) is 11.5 Å². The Morgan fingerprint density at radius 2 is 1.46 bits per heavy atom. The molecule has 2 rings (SSSR count). The summed E-state index contributed by atoms with van der Waals surface area (Å²) in [6.45, 7) is 0.420. The third-order valence-corrected chi connectivity index (χ3v) is 3.02. The number of hydrogen-bond acceptors (Lipinski definition) is 7. The molecule has 2 aromatic carbocycles. The predicted molar refractivity (Wildman–Crippen MR) is 95.2 cm³/mol. The molecule has 0 spiro atoms. The van der Waals surface area contributed by atoms with Gasteiger partial charge in [0.15, 0.2) is 13.6 Å². The number of rotatable bonds is 8. The van der Waals surface area contributed by atoms with Gasteiger partial charge in [0.2, 0.25) is 0 Å². The highest BCUT2D eigenvalue weighted by atomic mass is 16.7. The van der Waals surface area contributed by atoms with Crippen LogP contribution in [-0.4, -0.2) is 46.0 Å². The van der Waals surface area contributed by atoms with Gasteiger partial charge in [-0.1, -0.05) is 18.2 Å². The largest absolute Gasteiger partial charge is 0.468 e. The molecule has 7 heteroatoms. The molecule has 0 saturated carbocycles. The maximum absolute atomic E-state index is 11.1. The third-order valence-electron chi connectivity index (χ3n) is 3.02. The molecule has 7 nitrogen and oxygen atoms in total. The molecule has 0 radical (unpaired) electrons. The molecule has 0 saturated heterocycles. The molecule has 0 aliphatic heterocycles.